The Kier molecular flexibility index (Phi) is 4.08. The molecule has 3 rings (SSSR count). The minimum absolute atomic E-state index is 0.0428. The number of aromatic nitrogens is 3. The molecule has 6 heteroatoms. The number of nitrogens with one attached hydrogen (secondary N) is 1. The van der Waals surface area contributed by atoms with Gasteiger partial charge >= 0.3 is 0 Å². The van der Waals surface area contributed by atoms with E-state index in [9.17, 15) is 4.79 Å². The normalized spacial score (nSPS) is 11.1. The van der Waals surface area contributed by atoms with Crippen LogP contribution in [0.3, 0.4) is 0 Å². The van der Waals surface area contributed by atoms with Crippen molar-refractivity contribution in [1.82, 2.24) is 19.9 Å². The molecular weight excluding hydrogens is 284 g/mol. The zero-order chi connectivity index (χ0) is 14.7. The number of fused-ring (bicyclic) bond motifs is 1. The van der Waals surface area contributed by atoms with Gasteiger partial charge in [-0.2, -0.15) is 0 Å². The molecule has 21 heavy (non-hydrogen) atoms. The minimum atomic E-state index is 0.0428. The summed E-state index contributed by atoms with van der Waals surface area (Å²) in [6.45, 7) is 4.05. The van der Waals surface area contributed by atoms with Gasteiger partial charge in [0, 0.05) is 32.0 Å². The van der Waals surface area contributed by atoms with Gasteiger partial charge in [-0.3, -0.25) is 14.3 Å². The van der Waals surface area contributed by atoms with Crippen molar-refractivity contribution in [3.05, 3.63) is 57.7 Å². The molecule has 0 unspecified atom stereocenters. The Morgan fingerprint density at radius 2 is 2.33 bits per heavy atom. The van der Waals surface area contributed by atoms with E-state index in [0.29, 0.717) is 13.1 Å². The lowest BCUT2D eigenvalue weighted by Crippen LogP contribution is -2.26. The van der Waals surface area contributed by atoms with E-state index in [1.807, 2.05) is 30.6 Å². The quantitative estimate of drug-likeness (QED) is 0.732. The lowest BCUT2D eigenvalue weighted by molar-refractivity contribution is 0.582. The van der Waals surface area contributed by atoms with Gasteiger partial charge in [-0.1, -0.05) is 6.07 Å². The standard InChI is InChI=1S/C15H16N4OS/c1-11-9-21-14-13(11)18-10-19(15(14)20)6-5-17-8-12-3-2-4-16-7-12/h2-4,7,9-10,17H,5-6,8H2,1H3. The Labute approximate surface area is 126 Å². The summed E-state index contributed by atoms with van der Waals surface area (Å²) in [5.41, 5.74) is 3.06. The van der Waals surface area contributed by atoms with E-state index >= 15 is 0 Å². The van der Waals surface area contributed by atoms with Gasteiger partial charge in [-0.15, -0.1) is 11.3 Å². The molecule has 0 atom stereocenters. The molecule has 3 heterocycles. The molecule has 0 saturated carbocycles. The van der Waals surface area contributed by atoms with E-state index in [1.54, 1.807) is 17.1 Å². The second kappa shape index (κ2) is 6.15. The molecule has 0 radical (unpaired) electrons. The second-order valence-corrected chi connectivity index (χ2v) is 5.76. The number of pyridine rings is 1. The number of thiophene rings is 1. The van der Waals surface area contributed by atoms with Gasteiger partial charge in [-0.05, 0) is 29.5 Å². The smallest absolute Gasteiger partial charge is 0.271 e. The summed E-state index contributed by atoms with van der Waals surface area (Å²) in [4.78, 5) is 20.7. The first-order valence-corrected chi connectivity index (χ1v) is 7.66. The highest BCUT2D eigenvalue weighted by Crippen LogP contribution is 2.19. The molecule has 108 valence electrons. The average Bonchev–Trinajstić information content (AvgIpc) is 2.89. The summed E-state index contributed by atoms with van der Waals surface area (Å²) < 4.78 is 2.40. The summed E-state index contributed by atoms with van der Waals surface area (Å²) in [6.07, 6.45) is 5.23. The molecule has 0 aliphatic heterocycles. The lowest BCUT2D eigenvalue weighted by atomic mass is 10.3. The SMILES string of the molecule is Cc1csc2c(=O)n(CCNCc3cccnc3)cnc12. The van der Waals surface area contributed by atoms with Crippen molar-refractivity contribution in [2.75, 3.05) is 6.54 Å². The summed E-state index contributed by atoms with van der Waals surface area (Å²) in [6, 6.07) is 3.94. The highest BCUT2D eigenvalue weighted by molar-refractivity contribution is 7.17. The average molecular weight is 300 g/mol. The van der Waals surface area contributed by atoms with Crippen LogP contribution in [0.5, 0.6) is 0 Å². The van der Waals surface area contributed by atoms with Crippen LogP contribution in [0.1, 0.15) is 11.1 Å². The molecule has 0 amide bonds. The van der Waals surface area contributed by atoms with Crippen LogP contribution in [0.25, 0.3) is 10.2 Å². The first kappa shape index (κ1) is 13.9. The molecule has 0 bridgehead atoms. The molecule has 5 nitrogen and oxygen atoms in total. The predicted molar refractivity (Wildman–Crippen MR) is 84.6 cm³/mol. The second-order valence-electron chi connectivity index (χ2n) is 4.88. The van der Waals surface area contributed by atoms with Crippen LogP contribution < -0.4 is 10.9 Å². The maximum Gasteiger partial charge on any atom is 0.271 e. The molecule has 0 spiro atoms. The van der Waals surface area contributed by atoms with Gasteiger partial charge in [-0.25, -0.2) is 4.98 Å². The van der Waals surface area contributed by atoms with Crippen molar-refractivity contribution in [1.29, 1.82) is 0 Å². The fraction of sp³-hybridized carbons (Fsp3) is 0.267. The molecular formula is C15H16N4OS. The first-order valence-electron chi connectivity index (χ1n) is 6.78. The number of nitrogens with zero attached hydrogens (tertiary/aromatic N) is 3. The Morgan fingerprint density at radius 1 is 1.43 bits per heavy atom. The van der Waals surface area contributed by atoms with Gasteiger partial charge in [0.1, 0.15) is 4.70 Å². The van der Waals surface area contributed by atoms with Gasteiger partial charge in [0.15, 0.2) is 0 Å². The summed E-state index contributed by atoms with van der Waals surface area (Å²) in [5.74, 6) is 0. The van der Waals surface area contributed by atoms with Gasteiger partial charge in [0.25, 0.3) is 5.56 Å². The topological polar surface area (TPSA) is 59.8 Å². The van der Waals surface area contributed by atoms with E-state index in [-0.39, 0.29) is 5.56 Å². The van der Waals surface area contributed by atoms with Crippen molar-refractivity contribution in [2.24, 2.45) is 0 Å². The molecule has 3 aromatic rings. The molecule has 0 aliphatic rings. The molecule has 0 fully saturated rings. The van der Waals surface area contributed by atoms with E-state index in [4.69, 9.17) is 0 Å². The maximum absolute atomic E-state index is 12.3. The van der Waals surface area contributed by atoms with Crippen molar-refractivity contribution >= 4 is 21.6 Å². The van der Waals surface area contributed by atoms with Crippen LogP contribution in [0.2, 0.25) is 0 Å². The van der Waals surface area contributed by atoms with Crippen LogP contribution >= 0.6 is 11.3 Å². The zero-order valence-electron chi connectivity index (χ0n) is 11.7. The van der Waals surface area contributed by atoms with Crippen LogP contribution in [-0.4, -0.2) is 21.1 Å². The van der Waals surface area contributed by atoms with Crippen LogP contribution in [0, 0.1) is 6.92 Å². The maximum atomic E-state index is 12.3. The third-order valence-electron chi connectivity index (χ3n) is 3.30. The van der Waals surface area contributed by atoms with Gasteiger partial charge in [0.05, 0.1) is 11.8 Å². The molecule has 1 N–H and O–H groups in total. The summed E-state index contributed by atoms with van der Waals surface area (Å²) >= 11 is 1.47. The summed E-state index contributed by atoms with van der Waals surface area (Å²) in [7, 11) is 0. The minimum Gasteiger partial charge on any atom is -0.311 e. The number of aryl methyl sites for hydroxylation is 1. The van der Waals surface area contributed by atoms with E-state index in [0.717, 1.165) is 27.9 Å². The fourth-order valence-corrected chi connectivity index (χ4v) is 3.10. The van der Waals surface area contributed by atoms with Crippen LogP contribution in [0.4, 0.5) is 0 Å². The Morgan fingerprint density at radius 3 is 3.14 bits per heavy atom. The lowest BCUT2D eigenvalue weighted by Gasteiger charge is -2.07. The van der Waals surface area contributed by atoms with Crippen LogP contribution in [0.15, 0.2) is 41.0 Å². The molecule has 3 aromatic heterocycles. The largest absolute Gasteiger partial charge is 0.311 e. The third kappa shape index (κ3) is 3.01. The number of hydrogen-bond donors (Lipinski definition) is 1. The van der Waals surface area contributed by atoms with Gasteiger partial charge in [0.2, 0.25) is 0 Å². The highest BCUT2D eigenvalue weighted by atomic mass is 32.1. The van der Waals surface area contributed by atoms with E-state index < -0.39 is 0 Å². The first-order chi connectivity index (χ1) is 10.3. The predicted octanol–water partition coefficient (Wildman–Crippen LogP) is 1.95. The van der Waals surface area contributed by atoms with Crippen molar-refractivity contribution in [3.8, 4) is 0 Å². The van der Waals surface area contributed by atoms with Crippen molar-refractivity contribution in [2.45, 2.75) is 20.0 Å². The van der Waals surface area contributed by atoms with Gasteiger partial charge < -0.3 is 5.32 Å². The number of rotatable bonds is 5. The molecule has 0 saturated heterocycles. The van der Waals surface area contributed by atoms with Crippen molar-refractivity contribution in [3.63, 3.8) is 0 Å². The Balaban J connectivity index is 1.63. The third-order valence-corrected chi connectivity index (χ3v) is 4.38. The van der Waals surface area contributed by atoms with Crippen LogP contribution in [-0.2, 0) is 13.1 Å². The molecule has 0 aliphatic carbocycles. The summed E-state index contributed by atoms with van der Waals surface area (Å²) in [5, 5.41) is 5.28. The Hall–Kier alpha value is -2.05. The Bertz CT molecular complexity index is 794. The van der Waals surface area contributed by atoms with E-state index in [2.05, 4.69) is 15.3 Å². The fourth-order valence-electron chi connectivity index (χ4n) is 2.15. The number of hydrogen-bond acceptors (Lipinski definition) is 5. The van der Waals surface area contributed by atoms with E-state index in [1.165, 1.54) is 11.3 Å². The van der Waals surface area contributed by atoms with Crippen molar-refractivity contribution < 1.29 is 0 Å². The highest BCUT2D eigenvalue weighted by Gasteiger charge is 2.07. The zero-order valence-corrected chi connectivity index (χ0v) is 12.6. The molecule has 0 aromatic carbocycles. The monoisotopic (exact) mass is 300 g/mol.